The number of imidazole rings is 1. The SMILES string of the molecule is C=C(O)C(OC(C)(C)C)c1c(C2CC=C(C)C(C)C2)c(C)c(-c2ccc(C)c(C)c2)c2[nH]c(=O)[nH]c12. The normalized spacial score (nSPS) is 19.4. The quantitative estimate of drug-likeness (QED) is 0.253. The summed E-state index contributed by atoms with van der Waals surface area (Å²) >= 11 is 0. The molecule has 192 valence electrons. The van der Waals surface area contributed by atoms with Crippen molar-refractivity contribution in [2.45, 2.75) is 85.9 Å². The van der Waals surface area contributed by atoms with Crippen LogP contribution >= 0.6 is 0 Å². The standard InChI is InChI=1S/C31H40N2O3/c1-16-10-12-22(14-18(16)3)24-20(5)25(23-13-11-17(2)19(4)15-23)27-28(33-30(35)32-27)26(24)29(21(6)34)36-31(7,8)9/h10-11,13,15,18,22,29,34H,6,12,14H2,1-5,7-9H3,(H2,32,33,35). The third kappa shape index (κ3) is 4.81. The highest BCUT2D eigenvalue weighted by atomic mass is 16.5. The molecule has 3 unspecified atom stereocenters. The zero-order chi connectivity index (χ0) is 26.5. The Balaban J connectivity index is 2.13. The number of aryl methyl sites for hydroxylation is 2. The van der Waals surface area contributed by atoms with Gasteiger partial charge in [-0.2, -0.15) is 0 Å². The Morgan fingerprint density at radius 2 is 1.78 bits per heavy atom. The second-order valence-corrected chi connectivity index (χ2v) is 11.6. The third-order valence-corrected chi connectivity index (χ3v) is 7.70. The molecule has 0 radical (unpaired) electrons. The first-order valence-electron chi connectivity index (χ1n) is 12.9. The highest BCUT2D eigenvalue weighted by molar-refractivity contribution is 5.97. The Hall–Kier alpha value is -3.05. The molecule has 3 atom stereocenters. The maximum Gasteiger partial charge on any atom is 0.323 e. The molecule has 0 aliphatic heterocycles. The number of fused-ring (bicyclic) bond motifs is 1. The fraction of sp³-hybridized carbons (Fsp3) is 0.452. The monoisotopic (exact) mass is 488 g/mol. The van der Waals surface area contributed by atoms with Crippen LogP contribution in [0.2, 0.25) is 0 Å². The summed E-state index contributed by atoms with van der Waals surface area (Å²) < 4.78 is 6.42. The van der Waals surface area contributed by atoms with Gasteiger partial charge in [-0.25, -0.2) is 4.79 Å². The summed E-state index contributed by atoms with van der Waals surface area (Å²) in [4.78, 5) is 18.9. The van der Waals surface area contributed by atoms with Gasteiger partial charge in [0, 0.05) is 11.1 Å². The van der Waals surface area contributed by atoms with Crippen molar-refractivity contribution in [2.75, 3.05) is 0 Å². The molecule has 0 spiro atoms. The molecule has 3 N–H and O–H groups in total. The molecule has 4 rings (SSSR count). The van der Waals surface area contributed by atoms with E-state index in [4.69, 9.17) is 4.74 Å². The van der Waals surface area contributed by atoms with Gasteiger partial charge >= 0.3 is 5.69 Å². The van der Waals surface area contributed by atoms with Crippen molar-refractivity contribution >= 4 is 11.0 Å². The van der Waals surface area contributed by atoms with Crippen molar-refractivity contribution in [1.82, 2.24) is 9.97 Å². The number of rotatable bonds is 5. The summed E-state index contributed by atoms with van der Waals surface area (Å²) in [5.41, 5.74) is 9.55. The minimum Gasteiger partial charge on any atom is -0.510 e. The van der Waals surface area contributed by atoms with Crippen molar-refractivity contribution in [2.24, 2.45) is 5.92 Å². The van der Waals surface area contributed by atoms with Gasteiger partial charge in [-0.1, -0.05) is 43.4 Å². The number of hydrogen-bond donors (Lipinski definition) is 3. The van der Waals surface area contributed by atoms with Crippen LogP contribution in [-0.4, -0.2) is 20.7 Å². The van der Waals surface area contributed by atoms with Crippen LogP contribution in [0.1, 0.15) is 87.3 Å². The second-order valence-electron chi connectivity index (χ2n) is 11.6. The zero-order valence-electron chi connectivity index (χ0n) is 22.9. The number of hydrogen-bond acceptors (Lipinski definition) is 3. The highest BCUT2D eigenvalue weighted by Crippen LogP contribution is 2.47. The van der Waals surface area contributed by atoms with Crippen LogP contribution in [-0.2, 0) is 4.74 Å². The molecule has 1 aromatic heterocycles. The number of aromatic amines is 2. The molecule has 5 nitrogen and oxygen atoms in total. The van der Waals surface area contributed by atoms with Crippen LogP contribution in [0.3, 0.4) is 0 Å². The minimum absolute atomic E-state index is 0.0663. The predicted molar refractivity (Wildman–Crippen MR) is 149 cm³/mol. The lowest BCUT2D eigenvalue weighted by Gasteiger charge is -2.34. The van der Waals surface area contributed by atoms with Gasteiger partial charge in [-0.3, -0.25) is 0 Å². The van der Waals surface area contributed by atoms with Crippen LogP contribution in [0.25, 0.3) is 22.2 Å². The third-order valence-electron chi connectivity index (χ3n) is 7.70. The van der Waals surface area contributed by atoms with Crippen molar-refractivity contribution in [3.63, 3.8) is 0 Å². The van der Waals surface area contributed by atoms with Gasteiger partial charge in [0.2, 0.25) is 0 Å². The van der Waals surface area contributed by atoms with Gasteiger partial charge in [0.1, 0.15) is 11.9 Å². The molecule has 2 aromatic carbocycles. The lowest BCUT2D eigenvalue weighted by molar-refractivity contribution is -0.0594. The molecule has 0 amide bonds. The highest BCUT2D eigenvalue weighted by Gasteiger charge is 2.34. The van der Waals surface area contributed by atoms with Gasteiger partial charge in [0.25, 0.3) is 0 Å². The number of benzene rings is 2. The summed E-state index contributed by atoms with van der Waals surface area (Å²) in [7, 11) is 0. The van der Waals surface area contributed by atoms with E-state index in [9.17, 15) is 9.90 Å². The summed E-state index contributed by atoms with van der Waals surface area (Å²) in [6, 6.07) is 6.44. The first-order chi connectivity index (χ1) is 16.8. The lowest BCUT2D eigenvalue weighted by Crippen LogP contribution is -2.26. The number of nitrogens with one attached hydrogen (secondary N) is 2. The van der Waals surface area contributed by atoms with Gasteiger partial charge in [0.05, 0.1) is 16.6 Å². The van der Waals surface area contributed by atoms with Crippen LogP contribution < -0.4 is 5.69 Å². The Bertz CT molecular complexity index is 1410. The Morgan fingerprint density at radius 3 is 2.36 bits per heavy atom. The van der Waals surface area contributed by atoms with E-state index in [1.807, 2.05) is 20.8 Å². The molecule has 36 heavy (non-hydrogen) atoms. The van der Waals surface area contributed by atoms with E-state index in [-0.39, 0.29) is 17.4 Å². The fourth-order valence-corrected chi connectivity index (χ4v) is 5.61. The molecular weight excluding hydrogens is 448 g/mol. The van der Waals surface area contributed by atoms with Crippen molar-refractivity contribution in [3.05, 3.63) is 80.5 Å². The molecule has 1 aliphatic carbocycles. The van der Waals surface area contributed by atoms with Gasteiger partial charge < -0.3 is 19.8 Å². The molecule has 5 heteroatoms. The van der Waals surface area contributed by atoms with E-state index < -0.39 is 11.7 Å². The predicted octanol–water partition coefficient (Wildman–Crippen LogP) is 7.84. The number of aliphatic hydroxyl groups is 1. The van der Waals surface area contributed by atoms with Crippen LogP contribution in [0.15, 0.2) is 47.0 Å². The van der Waals surface area contributed by atoms with E-state index in [1.54, 1.807) is 0 Å². The first kappa shape index (κ1) is 26.0. The molecule has 0 bridgehead atoms. The van der Waals surface area contributed by atoms with Crippen LogP contribution in [0.4, 0.5) is 0 Å². The van der Waals surface area contributed by atoms with Crippen molar-refractivity contribution in [3.8, 4) is 11.1 Å². The van der Waals surface area contributed by atoms with Gasteiger partial charge in [0.15, 0.2) is 0 Å². The Labute approximate surface area is 214 Å². The summed E-state index contributed by atoms with van der Waals surface area (Å²) in [6.45, 7) is 20.6. The lowest BCUT2D eigenvalue weighted by atomic mass is 9.74. The molecule has 1 aliphatic rings. The van der Waals surface area contributed by atoms with Gasteiger partial charge in [-0.05, 0) is 101 Å². The zero-order valence-corrected chi connectivity index (χ0v) is 22.9. The van der Waals surface area contributed by atoms with E-state index in [2.05, 4.69) is 75.4 Å². The number of aliphatic hydroxyl groups excluding tert-OH is 1. The molecule has 3 aromatic rings. The van der Waals surface area contributed by atoms with E-state index in [1.165, 1.54) is 16.7 Å². The van der Waals surface area contributed by atoms with E-state index >= 15 is 0 Å². The minimum atomic E-state index is -0.774. The van der Waals surface area contributed by atoms with E-state index in [0.29, 0.717) is 11.4 Å². The number of ether oxygens (including phenoxy) is 1. The molecule has 0 fully saturated rings. The second kappa shape index (κ2) is 9.44. The molecular formula is C31H40N2O3. The van der Waals surface area contributed by atoms with E-state index in [0.717, 1.165) is 46.2 Å². The average molecular weight is 489 g/mol. The summed E-state index contributed by atoms with van der Waals surface area (Å²) in [5.74, 6) is 0.599. The molecule has 0 saturated carbocycles. The largest absolute Gasteiger partial charge is 0.510 e. The number of allylic oxidation sites excluding steroid dienone is 2. The molecule has 0 saturated heterocycles. The molecule has 1 heterocycles. The maximum absolute atomic E-state index is 12.8. The summed E-state index contributed by atoms with van der Waals surface area (Å²) in [6.07, 6.45) is 3.44. The van der Waals surface area contributed by atoms with Gasteiger partial charge in [-0.15, -0.1) is 0 Å². The van der Waals surface area contributed by atoms with Crippen LogP contribution in [0, 0.1) is 26.7 Å². The van der Waals surface area contributed by atoms with Crippen molar-refractivity contribution < 1.29 is 9.84 Å². The van der Waals surface area contributed by atoms with Crippen molar-refractivity contribution in [1.29, 1.82) is 0 Å². The maximum atomic E-state index is 12.8. The average Bonchev–Trinajstić information content (AvgIpc) is 3.15. The number of H-pyrrole nitrogens is 2. The number of aromatic nitrogens is 2. The van der Waals surface area contributed by atoms with Crippen LogP contribution in [0.5, 0.6) is 0 Å². The summed E-state index contributed by atoms with van der Waals surface area (Å²) in [5, 5.41) is 10.8. The Kier molecular flexibility index (Phi) is 6.82. The Morgan fingerprint density at radius 1 is 1.11 bits per heavy atom. The smallest absolute Gasteiger partial charge is 0.323 e. The topological polar surface area (TPSA) is 78.1 Å². The fourth-order valence-electron chi connectivity index (χ4n) is 5.61. The first-order valence-corrected chi connectivity index (χ1v) is 12.9.